The minimum atomic E-state index is -0.00694. The average molecular weight is 109 g/mol. The van der Waals surface area contributed by atoms with E-state index in [0.29, 0.717) is 0 Å². The third kappa shape index (κ3) is 0.579. The summed E-state index contributed by atoms with van der Waals surface area (Å²) in [6.45, 7) is 0. The molecule has 0 amide bonds. The molecule has 2 atom stereocenters. The molecule has 1 aliphatic carbocycles. The molecule has 1 rings (SSSR count). The summed E-state index contributed by atoms with van der Waals surface area (Å²) in [6, 6.07) is 0. The van der Waals surface area contributed by atoms with Crippen LogP contribution in [0.25, 0.3) is 0 Å². The smallest absolute Gasteiger partial charge is 0.127 e. The highest BCUT2D eigenvalue weighted by Crippen LogP contribution is 2.20. The molecule has 0 fully saturated rings. The number of hydrogen-bond donors (Lipinski definition) is 1. The van der Waals surface area contributed by atoms with Gasteiger partial charge in [0.1, 0.15) is 6.29 Å². The van der Waals surface area contributed by atoms with Crippen LogP contribution in [0, 0.1) is 17.2 Å². The van der Waals surface area contributed by atoms with Gasteiger partial charge in [-0.25, -0.2) is 0 Å². The Balaban J connectivity index is 2.52. The Kier molecular flexibility index (Phi) is 1.24. The first-order chi connectivity index (χ1) is 3.88. The second-order valence-corrected chi connectivity index (χ2v) is 1.84. The van der Waals surface area contributed by atoms with E-state index in [1.54, 1.807) is 0 Å². The van der Waals surface area contributed by atoms with Gasteiger partial charge in [-0.15, -0.1) is 0 Å². The molecule has 0 aliphatic heterocycles. The quantitative estimate of drug-likeness (QED) is 0.315. The SMILES string of the molecule is N=C[C@H]1C=CC1C=O. The van der Waals surface area contributed by atoms with Gasteiger partial charge in [-0.05, 0) is 0 Å². The van der Waals surface area contributed by atoms with Gasteiger partial charge in [0.15, 0.2) is 0 Å². The van der Waals surface area contributed by atoms with Crippen LogP contribution < -0.4 is 0 Å². The second kappa shape index (κ2) is 1.90. The first-order valence-electron chi connectivity index (χ1n) is 2.52. The van der Waals surface area contributed by atoms with E-state index in [1.165, 1.54) is 6.21 Å². The van der Waals surface area contributed by atoms with E-state index in [2.05, 4.69) is 0 Å². The number of rotatable bonds is 2. The zero-order valence-corrected chi connectivity index (χ0v) is 4.37. The molecule has 0 aromatic heterocycles. The summed E-state index contributed by atoms with van der Waals surface area (Å²) in [5.41, 5.74) is 0. The Morgan fingerprint density at radius 1 is 1.38 bits per heavy atom. The molecule has 0 radical (unpaired) electrons. The molecule has 1 unspecified atom stereocenters. The number of hydrogen-bond acceptors (Lipinski definition) is 2. The summed E-state index contributed by atoms with van der Waals surface area (Å²) < 4.78 is 0. The van der Waals surface area contributed by atoms with E-state index in [-0.39, 0.29) is 11.8 Å². The topological polar surface area (TPSA) is 40.9 Å². The Hall–Kier alpha value is -0.920. The van der Waals surface area contributed by atoms with Crippen molar-refractivity contribution >= 4 is 12.5 Å². The molecule has 1 N–H and O–H groups in total. The highest BCUT2D eigenvalue weighted by molar-refractivity contribution is 5.73. The van der Waals surface area contributed by atoms with E-state index >= 15 is 0 Å². The van der Waals surface area contributed by atoms with Crippen molar-refractivity contribution in [3.05, 3.63) is 12.2 Å². The van der Waals surface area contributed by atoms with Crippen molar-refractivity contribution in [3.63, 3.8) is 0 Å². The van der Waals surface area contributed by atoms with Crippen molar-refractivity contribution in [3.8, 4) is 0 Å². The Labute approximate surface area is 47.7 Å². The predicted octanol–water partition coefficient (Wildman–Crippen LogP) is 0.637. The van der Waals surface area contributed by atoms with E-state index in [0.717, 1.165) is 6.29 Å². The molecular formula is C6H7NO. The van der Waals surface area contributed by atoms with Gasteiger partial charge in [0.05, 0.1) is 0 Å². The predicted molar refractivity (Wildman–Crippen MR) is 31.0 cm³/mol. The summed E-state index contributed by atoms with van der Waals surface area (Å²) in [5, 5.41) is 6.76. The first-order valence-corrected chi connectivity index (χ1v) is 2.52. The molecule has 1 aliphatic rings. The molecule has 0 saturated heterocycles. The largest absolute Gasteiger partial charge is 0.312 e. The highest BCUT2D eigenvalue weighted by Gasteiger charge is 2.20. The molecule has 0 aromatic rings. The van der Waals surface area contributed by atoms with Crippen molar-refractivity contribution in [1.29, 1.82) is 5.41 Å². The fourth-order valence-electron chi connectivity index (χ4n) is 0.670. The van der Waals surface area contributed by atoms with Crippen LogP contribution in [0.15, 0.2) is 12.2 Å². The highest BCUT2D eigenvalue weighted by atomic mass is 16.1. The molecule has 0 bridgehead atoms. The summed E-state index contributed by atoms with van der Waals surface area (Å²) in [4.78, 5) is 10.0. The zero-order valence-electron chi connectivity index (χ0n) is 4.37. The average Bonchev–Trinajstić information content (AvgIpc) is 1.66. The third-order valence-corrected chi connectivity index (χ3v) is 1.35. The molecule has 0 spiro atoms. The number of aldehydes is 1. The minimum absolute atomic E-state index is 0.00694. The molecular weight excluding hydrogens is 102 g/mol. The molecule has 0 aromatic carbocycles. The Morgan fingerprint density at radius 2 is 2.00 bits per heavy atom. The van der Waals surface area contributed by atoms with E-state index in [4.69, 9.17) is 5.41 Å². The van der Waals surface area contributed by atoms with Crippen LogP contribution in [0.4, 0.5) is 0 Å². The summed E-state index contributed by atoms with van der Waals surface area (Å²) in [7, 11) is 0. The van der Waals surface area contributed by atoms with Gasteiger partial charge in [0.25, 0.3) is 0 Å². The summed E-state index contributed by atoms with van der Waals surface area (Å²) in [5.74, 6) is 0.0833. The van der Waals surface area contributed by atoms with Crippen LogP contribution >= 0.6 is 0 Å². The third-order valence-electron chi connectivity index (χ3n) is 1.35. The minimum Gasteiger partial charge on any atom is -0.312 e. The lowest BCUT2D eigenvalue weighted by Gasteiger charge is -2.18. The van der Waals surface area contributed by atoms with Crippen molar-refractivity contribution in [2.75, 3.05) is 0 Å². The maximum Gasteiger partial charge on any atom is 0.127 e. The van der Waals surface area contributed by atoms with E-state index in [9.17, 15) is 4.79 Å². The van der Waals surface area contributed by atoms with Crippen molar-refractivity contribution in [1.82, 2.24) is 0 Å². The zero-order chi connectivity index (χ0) is 5.98. The lowest BCUT2D eigenvalue weighted by molar-refractivity contribution is -0.110. The number of carbonyl (C=O) groups excluding carboxylic acids is 1. The fraction of sp³-hybridized carbons (Fsp3) is 0.333. The number of nitrogens with one attached hydrogen (secondary N) is 1. The van der Waals surface area contributed by atoms with Crippen molar-refractivity contribution in [2.45, 2.75) is 0 Å². The first kappa shape index (κ1) is 5.22. The van der Waals surface area contributed by atoms with Gasteiger partial charge in [0, 0.05) is 18.1 Å². The monoisotopic (exact) mass is 109 g/mol. The number of carbonyl (C=O) groups is 1. The van der Waals surface area contributed by atoms with Crippen LogP contribution in [0.3, 0.4) is 0 Å². The van der Waals surface area contributed by atoms with E-state index in [1.807, 2.05) is 12.2 Å². The lowest BCUT2D eigenvalue weighted by atomic mass is 9.84. The maximum absolute atomic E-state index is 10.0. The normalized spacial score (nSPS) is 33.5. The van der Waals surface area contributed by atoms with Gasteiger partial charge in [-0.3, -0.25) is 0 Å². The van der Waals surface area contributed by atoms with Crippen molar-refractivity contribution in [2.24, 2.45) is 11.8 Å². The van der Waals surface area contributed by atoms with Crippen molar-refractivity contribution < 1.29 is 4.79 Å². The van der Waals surface area contributed by atoms with Crippen LogP contribution in [-0.4, -0.2) is 12.5 Å². The summed E-state index contributed by atoms with van der Waals surface area (Å²) >= 11 is 0. The van der Waals surface area contributed by atoms with Gasteiger partial charge in [-0.2, -0.15) is 0 Å². The van der Waals surface area contributed by atoms with Crippen LogP contribution in [0.2, 0.25) is 0 Å². The fourth-order valence-corrected chi connectivity index (χ4v) is 0.670. The second-order valence-electron chi connectivity index (χ2n) is 1.84. The molecule has 0 saturated carbocycles. The number of allylic oxidation sites excluding steroid dienone is 2. The lowest BCUT2D eigenvalue weighted by Crippen LogP contribution is -2.20. The standard InChI is InChI=1S/C6H7NO/c7-3-5-1-2-6(5)4-8/h1-7H/t5-,6?/m1/s1. The van der Waals surface area contributed by atoms with Crippen LogP contribution in [0.1, 0.15) is 0 Å². The van der Waals surface area contributed by atoms with Gasteiger partial charge >= 0.3 is 0 Å². The van der Waals surface area contributed by atoms with Crippen LogP contribution in [0.5, 0.6) is 0 Å². The summed E-state index contributed by atoms with van der Waals surface area (Å²) in [6.07, 6.45) is 5.82. The Morgan fingerprint density at radius 3 is 2.12 bits per heavy atom. The molecule has 0 heterocycles. The van der Waals surface area contributed by atoms with Gasteiger partial charge in [0.2, 0.25) is 0 Å². The molecule has 2 heteroatoms. The molecule has 8 heavy (non-hydrogen) atoms. The molecule has 42 valence electrons. The van der Waals surface area contributed by atoms with Gasteiger partial charge in [-0.1, -0.05) is 12.2 Å². The van der Waals surface area contributed by atoms with E-state index < -0.39 is 0 Å². The van der Waals surface area contributed by atoms with Crippen LogP contribution in [-0.2, 0) is 4.79 Å². The Bertz CT molecular complexity index is 123. The molecule has 2 nitrogen and oxygen atoms in total. The maximum atomic E-state index is 10.0. The van der Waals surface area contributed by atoms with Gasteiger partial charge < -0.3 is 10.2 Å².